The average Bonchev–Trinajstić information content (AvgIpc) is 2.53. The van der Waals surface area contributed by atoms with Gasteiger partial charge in [0.1, 0.15) is 0 Å². The van der Waals surface area contributed by atoms with Crippen molar-refractivity contribution in [3.05, 3.63) is 59.7 Å². The van der Waals surface area contributed by atoms with Gasteiger partial charge in [-0.25, -0.2) is 0 Å². The first-order chi connectivity index (χ1) is 11.0. The molecular weight excluding hydrogens is 306 g/mol. The van der Waals surface area contributed by atoms with Crippen molar-refractivity contribution >= 4 is 29.1 Å². The molecule has 2 aromatic carbocycles. The number of carbonyl (C=O) groups is 2. The van der Waals surface area contributed by atoms with Gasteiger partial charge in [-0.2, -0.15) is 0 Å². The van der Waals surface area contributed by atoms with E-state index in [1.165, 1.54) is 24.2 Å². The highest BCUT2D eigenvalue weighted by atomic mass is 32.2. The number of hydrogen-bond acceptors (Lipinski definition) is 3. The normalized spacial score (nSPS) is 10.6. The van der Waals surface area contributed by atoms with E-state index in [2.05, 4.69) is 19.2 Å². The Labute approximate surface area is 141 Å². The maximum atomic E-state index is 12.2. The van der Waals surface area contributed by atoms with E-state index >= 15 is 0 Å². The third kappa shape index (κ3) is 5.25. The number of benzene rings is 2. The summed E-state index contributed by atoms with van der Waals surface area (Å²) in [5, 5.41) is 2.72. The number of anilines is 1. The zero-order valence-corrected chi connectivity index (χ0v) is 14.4. The van der Waals surface area contributed by atoms with Gasteiger partial charge >= 0.3 is 0 Å². The molecular formula is C19H21NO2S. The van der Waals surface area contributed by atoms with E-state index in [9.17, 15) is 9.59 Å². The summed E-state index contributed by atoms with van der Waals surface area (Å²) in [6.07, 6.45) is 0. The molecule has 1 N–H and O–H groups in total. The summed E-state index contributed by atoms with van der Waals surface area (Å²) in [4.78, 5) is 24.2. The van der Waals surface area contributed by atoms with Crippen LogP contribution < -0.4 is 5.32 Å². The fourth-order valence-electron chi connectivity index (χ4n) is 2.12. The molecule has 0 aliphatic carbocycles. The first-order valence-corrected chi connectivity index (χ1v) is 8.58. The van der Waals surface area contributed by atoms with Gasteiger partial charge in [-0.15, -0.1) is 11.8 Å². The van der Waals surface area contributed by atoms with Crippen molar-refractivity contribution in [3.63, 3.8) is 0 Å². The summed E-state index contributed by atoms with van der Waals surface area (Å²) in [6.45, 7) is 5.75. The lowest BCUT2D eigenvalue weighted by Gasteiger charge is -2.07. The van der Waals surface area contributed by atoms with E-state index in [-0.39, 0.29) is 11.7 Å². The second-order valence-electron chi connectivity index (χ2n) is 5.69. The second kappa shape index (κ2) is 7.97. The van der Waals surface area contributed by atoms with E-state index in [0.717, 1.165) is 16.1 Å². The van der Waals surface area contributed by atoms with Crippen LogP contribution in [0.1, 0.15) is 42.6 Å². The summed E-state index contributed by atoms with van der Waals surface area (Å²) >= 11 is 1.50. The standard InChI is InChI=1S/C19H21NO2S/c1-13(2)15-4-6-16(7-5-15)19(22)12-23-18-10-8-17(9-11-18)20-14(3)21/h4-11,13H,12H2,1-3H3,(H,20,21). The summed E-state index contributed by atoms with van der Waals surface area (Å²) in [6, 6.07) is 15.3. The third-order valence-corrected chi connectivity index (χ3v) is 4.46. The predicted molar refractivity (Wildman–Crippen MR) is 96.3 cm³/mol. The van der Waals surface area contributed by atoms with Crippen LogP contribution in [0.3, 0.4) is 0 Å². The molecule has 0 aromatic heterocycles. The van der Waals surface area contributed by atoms with E-state index in [0.29, 0.717) is 11.7 Å². The van der Waals surface area contributed by atoms with Crippen LogP contribution in [0, 0.1) is 0 Å². The Hall–Kier alpha value is -2.07. The Morgan fingerprint density at radius 3 is 2.13 bits per heavy atom. The zero-order chi connectivity index (χ0) is 16.8. The molecule has 0 heterocycles. The maximum Gasteiger partial charge on any atom is 0.221 e. The smallest absolute Gasteiger partial charge is 0.221 e. The SMILES string of the molecule is CC(=O)Nc1ccc(SCC(=O)c2ccc(C(C)C)cc2)cc1. The van der Waals surface area contributed by atoms with Crippen LogP contribution in [0.2, 0.25) is 0 Å². The van der Waals surface area contributed by atoms with Crippen molar-refractivity contribution in [1.29, 1.82) is 0 Å². The van der Waals surface area contributed by atoms with Gasteiger partial charge in [0.25, 0.3) is 0 Å². The summed E-state index contributed by atoms with van der Waals surface area (Å²) in [7, 11) is 0. The van der Waals surface area contributed by atoms with Crippen LogP contribution in [0.4, 0.5) is 5.69 Å². The highest BCUT2D eigenvalue weighted by molar-refractivity contribution is 8.00. The lowest BCUT2D eigenvalue weighted by Crippen LogP contribution is -2.05. The van der Waals surface area contributed by atoms with Gasteiger partial charge in [0.05, 0.1) is 5.75 Å². The predicted octanol–water partition coefficient (Wildman–Crippen LogP) is 4.74. The average molecular weight is 327 g/mol. The van der Waals surface area contributed by atoms with E-state index in [4.69, 9.17) is 0 Å². The number of nitrogens with one attached hydrogen (secondary N) is 1. The Morgan fingerprint density at radius 1 is 1.00 bits per heavy atom. The number of carbonyl (C=O) groups excluding carboxylic acids is 2. The fraction of sp³-hybridized carbons (Fsp3) is 0.263. The van der Waals surface area contributed by atoms with Crippen molar-refractivity contribution < 1.29 is 9.59 Å². The third-order valence-electron chi connectivity index (χ3n) is 3.44. The van der Waals surface area contributed by atoms with Crippen LogP contribution in [0.15, 0.2) is 53.4 Å². The monoisotopic (exact) mass is 327 g/mol. The highest BCUT2D eigenvalue weighted by Crippen LogP contribution is 2.22. The van der Waals surface area contributed by atoms with Crippen molar-refractivity contribution in [1.82, 2.24) is 0 Å². The molecule has 0 aliphatic heterocycles. The molecule has 0 aliphatic rings. The summed E-state index contributed by atoms with van der Waals surface area (Å²) in [5.74, 6) is 0.901. The number of thioether (sulfide) groups is 1. The molecule has 3 nitrogen and oxygen atoms in total. The molecule has 0 saturated heterocycles. The molecule has 0 saturated carbocycles. The first kappa shape index (κ1) is 17.3. The van der Waals surface area contributed by atoms with Crippen molar-refractivity contribution in [2.75, 3.05) is 11.1 Å². The van der Waals surface area contributed by atoms with Gasteiger partial charge in [-0.05, 0) is 35.7 Å². The van der Waals surface area contributed by atoms with Crippen LogP contribution >= 0.6 is 11.8 Å². The number of hydrogen-bond donors (Lipinski definition) is 1. The molecule has 2 rings (SSSR count). The number of rotatable bonds is 6. The van der Waals surface area contributed by atoms with Crippen molar-refractivity contribution in [2.24, 2.45) is 0 Å². The van der Waals surface area contributed by atoms with Crippen LogP contribution in [-0.2, 0) is 4.79 Å². The van der Waals surface area contributed by atoms with E-state index < -0.39 is 0 Å². The van der Waals surface area contributed by atoms with Crippen LogP contribution in [-0.4, -0.2) is 17.4 Å². The van der Waals surface area contributed by atoms with Gasteiger partial charge in [-0.1, -0.05) is 38.1 Å². The molecule has 0 unspecified atom stereocenters. The molecule has 4 heteroatoms. The van der Waals surface area contributed by atoms with Crippen molar-refractivity contribution in [3.8, 4) is 0 Å². The van der Waals surface area contributed by atoms with Crippen LogP contribution in [0.5, 0.6) is 0 Å². The molecule has 120 valence electrons. The fourth-order valence-corrected chi connectivity index (χ4v) is 2.92. The topological polar surface area (TPSA) is 46.2 Å². The van der Waals surface area contributed by atoms with Gasteiger partial charge < -0.3 is 5.32 Å². The molecule has 0 radical (unpaired) electrons. The molecule has 0 spiro atoms. The van der Waals surface area contributed by atoms with Gasteiger partial charge in [0, 0.05) is 23.1 Å². The lowest BCUT2D eigenvalue weighted by atomic mass is 10.0. The molecule has 0 bridgehead atoms. The molecule has 0 fully saturated rings. The minimum atomic E-state index is -0.0922. The molecule has 2 aromatic rings. The minimum absolute atomic E-state index is 0.0922. The largest absolute Gasteiger partial charge is 0.326 e. The highest BCUT2D eigenvalue weighted by Gasteiger charge is 2.08. The summed E-state index contributed by atoms with van der Waals surface area (Å²) < 4.78 is 0. The minimum Gasteiger partial charge on any atom is -0.326 e. The number of amides is 1. The van der Waals surface area contributed by atoms with Gasteiger partial charge in [0.2, 0.25) is 5.91 Å². The van der Waals surface area contributed by atoms with Crippen LogP contribution in [0.25, 0.3) is 0 Å². The first-order valence-electron chi connectivity index (χ1n) is 7.59. The number of Topliss-reactive ketones (excluding diaryl/α,β-unsaturated/α-hetero) is 1. The Bertz CT molecular complexity index is 676. The zero-order valence-electron chi connectivity index (χ0n) is 13.6. The van der Waals surface area contributed by atoms with Crippen molar-refractivity contribution in [2.45, 2.75) is 31.6 Å². The van der Waals surface area contributed by atoms with Gasteiger partial charge in [0.15, 0.2) is 5.78 Å². The number of ketones is 1. The lowest BCUT2D eigenvalue weighted by molar-refractivity contribution is -0.114. The summed E-state index contributed by atoms with van der Waals surface area (Å²) in [5.41, 5.74) is 2.75. The van der Waals surface area contributed by atoms with E-state index in [1.807, 2.05) is 48.5 Å². The second-order valence-corrected chi connectivity index (χ2v) is 6.74. The Balaban J connectivity index is 1.92. The van der Waals surface area contributed by atoms with E-state index in [1.54, 1.807) is 0 Å². The maximum absolute atomic E-state index is 12.2. The van der Waals surface area contributed by atoms with Gasteiger partial charge in [-0.3, -0.25) is 9.59 Å². The molecule has 0 atom stereocenters. The Kier molecular flexibility index (Phi) is 5.99. The quantitative estimate of drug-likeness (QED) is 0.615. The molecule has 1 amide bonds. The molecule has 23 heavy (non-hydrogen) atoms. The Morgan fingerprint density at radius 2 is 1.61 bits per heavy atom.